The fourth-order valence-corrected chi connectivity index (χ4v) is 5.61. The average Bonchev–Trinajstić information content (AvgIpc) is 3.42. The van der Waals surface area contributed by atoms with Gasteiger partial charge >= 0.3 is 5.97 Å². The molecule has 1 aliphatic rings. The molecule has 3 aromatic rings. The highest BCUT2D eigenvalue weighted by Crippen LogP contribution is 2.27. The lowest BCUT2D eigenvalue weighted by molar-refractivity contribution is -0.273. The molecule has 1 fully saturated rings. The van der Waals surface area contributed by atoms with Crippen LogP contribution in [0.25, 0.3) is 0 Å². The van der Waals surface area contributed by atoms with Gasteiger partial charge in [0.1, 0.15) is 5.75 Å². The van der Waals surface area contributed by atoms with Crippen molar-refractivity contribution in [2.75, 3.05) is 45.8 Å². The van der Waals surface area contributed by atoms with E-state index in [4.69, 9.17) is 23.7 Å². The van der Waals surface area contributed by atoms with E-state index in [1.54, 1.807) is 19.2 Å². The molecule has 9 nitrogen and oxygen atoms in total. The number of aryl methyl sites for hydroxylation is 1. The van der Waals surface area contributed by atoms with Crippen LogP contribution in [-0.4, -0.2) is 63.4 Å². The highest BCUT2D eigenvalue weighted by atomic mass is 32.1. The lowest BCUT2D eigenvalue weighted by atomic mass is 10.1. The molecule has 1 aromatic heterocycles. The van der Waals surface area contributed by atoms with Crippen molar-refractivity contribution >= 4 is 22.4 Å². The molecule has 0 amide bonds. The van der Waals surface area contributed by atoms with Gasteiger partial charge in [0.05, 0.1) is 40.1 Å². The third-order valence-corrected chi connectivity index (χ3v) is 7.90. The number of thiazole rings is 1. The molecule has 2 N–H and O–H groups in total. The molecule has 0 aliphatic carbocycles. The van der Waals surface area contributed by atoms with E-state index < -0.39 is 17.6 Å². The number of anilines is 1. The van der Waals surface area contributed by atoms with Crippen molar-refractivity contribution in [1.82, 2.24) is 10.3 Å². The van der Waals surface area contributed by atoms with E-state index in [9.17, 15) is 9.18 Å². The normalized spacial score (nSPS) is 15.6. The number of hydrogen-bond donors (Lipinski definition) is 2. The zero-order chi connectivity index (χ0) is 31.4. The molecule has 1 atom stereocenters. The van der Waals surface area contributed by atoms with Gasteiger partial charge in [-0.15, -0.1) is 11.3 Å². The van der Waals surface area contributed by atoms with E-state index in [-0.39, 0.29) is 24.2 Å². The number of carbonyl (C=O) groups is 1. The molecule has 4 rings (SSSR count). The molecule has 0 radical (unpaired) electrons. The SMILES string of the molecule is COC(=O)c1nc(NCCC2CCOC(C)(C)O2)sc1CCCOc1ccc(C#CCNCc2ccc(OC)cc2)cc1F. The van der Waals surface area contributed by atoms with Crippen LogP contribution in [0.2, 0.25) is 0 Å². The number of ether oxygens (including phenoxy) is 5. The highest BCUT2D eigenvalue weighted by molar-refractivity contribution is 7.15. The van der Waals surface area contributed by atoms with Crippen molar-refractivity contribution < 1.29 is 32.9 Å². The minimum absolute atomic E-state index is 0.0946. The molecule has 2 aromatic carbocycles. The summed E-state index contributed by atoms with van der Waals surface area (Å²) in [5.41, 5.74) is 1.98. The van der Waals surface area contributed by atoms with Gasteiger partial charge in [-0.25, -0.2) is 14.2 Å². The van der Waals surface area contributed by atoms with E-state index in [0.29, 0.717) is 49.8 Å². The summed E-state index contributed by atoms with van der Waals surface area (Å²) in [5.74, 6) is 5.42. The van der Waals surface area contributed by atoms with Gasteiger partial charge in [0.2, 0.25) is 0 Å². The van der Waals surface area contributed by atoms with Gasteiger partial charge in [-0.1, -0.05) is 24.0 Å². The molecule has 1 aliphatic heterocycles. The predicted octanol–water partition coefficient (Wildman–Crippen LogP) is 5.57. The standard InChI is InChI=1S/C33H40FN3O6S/c1-33(2)42-20-16-26(43-33)15-18-36-32-37-30(31(38)40-4)29(44-32)8-6-19-41-28-14-11-23(21-27(28)34)7-5-17-35-22-24-9-12-25(39-3)13-10-24/h9-14,21,26,35H,6,8,15-20,22H2,1-4H3,(H,36,37). The summed E-state index contributed by atoms with van der Waals surface area (Å²) in [6.45, 7) is 6.56. The number of rotatable bonds is 14. The number of carbonyl (C=O) groups excluding carboxylic acids is 1. The summed E-state index contributed by atoms with van der Waals surface area (Å²) in [4.78, 5) is 17.6. The first-order chi connectivity index (χ1) is 21.3. The Morgan fingerprint density at radius 2 is 2.02 bits per heavy atom. The first kappa shape index (κ1) is 33.2. The van der Waals surface area contributed by atoms with E-state index in [0.717, 1.165) is 29.0 Å². The molecule has 0 spiro atoms. The van der Waals surface area contributed by atoms with Crippen molar-refractivity contribution in [3.05, 3.63) is 70.0 Å². The summed E-state index contributed by atoms with van der Waals surface area (Å²) in [7, 11) is 2.97. The summed E-state index contributed by atoms with van der Waals surface area (Å²) >= 11 is 1.41. The van der Waals surface area contributed by atoms with Crippen LogP contribution in [0.5, 0.6) is 11.5 Å². The first-order valence-electron chi connectivity index (χ1n) is 14.6. The van der Waals surface area contributed by atoms with Crippen molar-refractivity contribution in [1.29, 1.82) is 0 Å². The number of esters is 1. The third-order valence-electron chi connectivity index (χ3n) is 6.83. The van der Waals surface area contributed by atoms with Gasteiger partial charge in [-0.2, -0.15) is 0 Å². The Kier molecular flexibility index (Phi) is 12.4. The molecule has 2 heterocycles. The maximum absolute atomic E-state index is 14.7. The van der Waals surface area contributed by atoms with Crippen LogP contribution in [0.15, 0.2) is 42.5 Å². The number of halogens is 1. The molecule has 1 saturated heterocycles. The Morgan fingerprint density at radius 3 is 2.75 bits per heavy atom. The third kappa shape index (κ3) is 10.2. The van der Waals surface area contributed by atoms with Crippen LogP contribution >= 0.6 is 11.3 Å². The molecule has 0 bridgehead atoms. The lowest BCUT2D eigenvalue weighted by Gasteiger charge is -2.36. The Balaban J connectivity index is 1.21. The average molecular weight is 626 g/mol. The number of nitrogens with zero attached hydrogens (tertiary/aromatic N) is 1. The topological polar surface area (TPSA) is 100 Å². The smallest absolute Gasteiger partial charge is 0.357 e. The number of nitrogens with one attached hydrogen (secondary N) is 2. The second-order valence-corrected chi connectivity index (χ2v) is 11.7. The molecule has 236 valence electrons. The molecule has 11 heteroatoms. The number of benzene rings is 2. The monoisotopic (exact) mass is 625 g/mol. The van der Waals surface area contributed by atoms with Gasteiger partial charge in [0, 0.05) is 23.5 Å². The fourth-order valence-electron chi connectivity index (χ4n) is 4.60. The summed E-state index contributed by atoms with van der Waals surface area (Å²) in [5, 5.41) is 7.19. The zero-order valence-electron chi connectivity index (χ0n) is 25.7. The van der Waals surface area contributed by atoms with Crippen molar-refractivity contribution in [3.8, 4) is 23.3 Å². The predicted molar refractivity (Wildman–Crippen MR) is 168 cm³/mol. The van der Waals surface area contributed by atoms with Crippen LogP contribution in [0.4, 0.5) is 9.52 Å². The van der Waals surface area contributed by atoms with Gasteiger partial charge < -0.3 is 34.3 Å². The highest BCUT2D eigenvalue weighted by Gasteiger charge is 2.29. The Bertz CT molecular complexity index is 1430. The molecular formula is C33H40FN3O6S. The molecular weight excluding hydrogens is 585 g/mol. The maximum Gasteiger partial charge on any atom is 0.357 e. The molecule has 0 saturated carbocycles. The van der Waals surface area contributed by atoms with Gasteiger partial charge in [0.15, 0.2) is 28.2 Å². The first-order valence-corrected chi connectivity index (χ1v) is 15.5. The second kappa shape index (κ2) is 16.4. The van der Waals surface area contributed by atoms with Crippen LogP contribution in [-0.2, 0) is 27.2 Å². The summed E-state index contributed by atoms with van der Waals surface area (Å²) in [6.07, 6.45) is 2.83. The molecule has 1 unspecified atom stereocenters. The summed E-state index contributed by atoms with van der Waals surface area (Å²) in [6, 6.07) is 12.5. The number of aromatic nitrogens is 1. The maximum atomic E-state index is 14.7. The number of methoxy groups -OCH3 is 2. The second-order valence-electron chi connectivity index (χ2n) is 10.6. The fraction of sp³-hybridized carbons (Fsp3) is 0.455. The van der Waals surface area contributed by atoms with Crippen LogP contribution in [0.1, 0.15) is 59.6 Å². The molecule has 44 heavy (non-hydrogen) atoms. The van der Waals surface area contributed by atoms with E-state index in [1.807, 2.05) is 38.1 Å². The summed E-state index contributed by atoms with van der Waals surface area (Å²) < 4.78 is 42.0. The van der Waals surface area contributed by atoms with Crippen LogP contribution in [0.3, 0.4) is 0 Å². The largest absolute Gasteiger partial charge is 0.497 e. The Morgan fingerprint density at radius 1 is 1.20 bits per heavy atom. The van der Waals surface area contributed by atoms with Crippen LogP contribution < -0.4 is 20.1 Å². The Labute approximate surface area is 262 Å². The lowest BCUT2D eigenvalue weighted by Crippen LogP contribution is -2.40. The minimum Gasteiger partial charge on any atom is -0.497 e. The van der Waals surface area contributed by atoms with Gasteiger partial charge in [-0.3, -0.25) is 0 Å². The van der Waals surface area contributed by atoms with Crippen molar-refractivity contribution in [3.63, 3.8) is 0 Å². The van der Waals surface area contributed by atoms with E-state index in [2.05, 4.69) is 27.5 Å². The van der Waals surface area contributed by atoms with Gasteiger partial charge in [0.25, 0.3) is 0 Å². The van der Waals surface area contributed by atoms with Gasteiger partial charge in [-0.05, 0) is 75.4 Å². The van der Waals surface area contributed by atoms with Crippen molar-refractivity contribution in [2.45, 2.75) is 58.0 Å². The van der Waals surface area contributed by atoms with E-state index in [1.165, 1.54) is 24.5 Å². The number of hydrogen-bond acceptors (Lipinski definition) is 10. The zero-order valence-corrected chi connectivity index (χ0v) is 26.5. The van der Waals surface area contributed by atoms with Crippen molar-refractivity contribution in [2.24, 2.45) is 0 Å². The quantitative estimate of drug-likeness (QED) is 0.135. The van der Waals surface area contributed by atoms with E-state index >= 15 is 0 Å². The minimum atomic E-state index is -0.576. The van der Waals surface area contributed by atoms with Crippen LogP contribution in [0, 0.1) is 17.7 Å². The Hall–Kier alpha value is -3.69.